The second kappa shape index (κ2) is 6.53. The highest BCUT2D eigenvalue weighted by atomic mass is 16.5. The van der Waals surface area contributed by atoms with Crippen molar-refractivity contribution in [3.8, 4) is 0 Å². The van der Waals surface area contributed by atoms with Crippen LogP contribution in [0, 0.1) is 11.8 Å². The summed E-state index contributed by atoms with van der Waals surface area (Å²) in [5, 5.41) is 0. The lowest BCUT2D eigenvalue weighted by molar-refractivity contribution is -0.0281. The van der Waals surface area contributed by atoms with Crippen molar-refractivity contribution in [1.29, 1.82) is 0 Å². The standard InChI is InChI=1S/C15H31N3O/c1-13(2)10-17-6-8-18(9-7-17)15(11-16,12-19-3)14-4-5-14/h13-14H,4-12,16H2,1-3H3. The lowest BCUT2D eigenvalue weighted by Crippen LogP contribution is -2.63. The van der Waals surface area contributed by atoms with E-state index < -0.39 is 0 Å². The molecule has 1 unspecified atom stereocenters. The second-order valence-electron chi connectivity index (χ2n) is 6.70. The molecule has 4 heteroatoms. The summed E-state index contributed by atoms with van der Waals surface area (Å²) in [6, 6.07) is 0. The van der Waals surface area contributed by atoms with Gasteiger partial charge in [0.15, 0.2) is 0 Å². The number of nitrogens with two attached hydrogens (primary N) is 1. The maximum absolute atomic E-state index is 6.15. The zero-order valence-corrected chi connectivity index (χ0v) is 12.9. The van der Waals surface area contributed by atoms with Gasteiger partial charge in [-0.2, -0.15) is 0 Å². The van der Waals surface area contributed by atoms with Crippen molar-refractivity contribution in [2.45, 2.75) is 32.2 Å². The van der Waals surface area contributed by atoms with Crippen molar-refractivity contribution >= 4 is 0 Å². The highest BCUT2D eigenvalue weighted by Crippen LogP contribution is 2.43. The first-order valence-electron chi connectivity index (χ1n) is 7.79. The Balaban J connectivity index is 1.93. The Bertz CT molecular complexity index is 273. The molecular formula is C15H31N3O. The lowest BCUT2D eigenvalue weighted by Gasteiger charge is -2.47. The molecule has 1 atom stereocenters. The van der Waals surface area contributed by atoms with Crippen molar-refractivity contribution in [2.75, 3.05) is 53.0 Å². The highest BCUT2D eigenvalue weighted by Gasteiger charge is 2.48. The van der Waals surface area contributed by atoms with Crippen LogP contribution in [0.2, 0.25) is 0 Å². The number of piperazine rings is 1. The maximum atomic E-state index is 6.15. The molecule has 1 aliphatic carbocycles. The highest BCUT2D eigenvalue weighted by molar-refractivity contribution is 5.04. The van der Waals surface area contributed by atoms with Crippen molar-refractivity contribution in [3.05, 3.63) is 0 Å². The van der Waals surface area contributed by atoms with Crippen LogP contribution in [-0.4, -0.2) is 68.3 Å². The molecule has 0 bridgehead atoms. The summed E-state index contributed by atoms with van der Waals surface area (Å²) in [5.74, 6) is 1.52. The summed E-state index contributed by atoms with van der Waals surface area (Å²) >= 11 is 0. The van der Waals surface area contributed by atoms with Crippen LogP contribution in [0.3, 0.4) is 0 Å². The number of nitrogens with zero attached hydrogens (tertiary/aromatic N) is 2. The molecule has 0 radical (unpaired) electrons. The van der Waals surface area contributed by atoms with Gasteiger partial charge in [-0.1, -0.05) is 13.8 Å². The minimum atomic E-state index is 0.110. The maximum Gasteiger partial charge on any atom is 0.0661 e. The molecule has 0 amide bonds. The summed E-state index contributed by atoms with van der Waals surface area (Å²) in [5.41, 5.74) is 6.26. The number of rotatable bonds is 7. The number of ether oxygens (including phenoxy) is 1. The molecule has 2 aliphatic rings. The van der Waals surface area contributed by atoms with Crippen LogP contribution in [0.4, 0.5) is 0 Å². The van der Waals surface area contributed by atoms with Crippen molar-refractivity contribution in [2.24, 2.45) is 17.6 Å². The zero-order valence-electron chi connectivity index (χ0n) is 12.9. The summed E-state index contributed by atoms with van der Waals surface area (Å²) in [7, 11) is 1.81. The monoisotopic (exact) mass is 269 g/mol. The fraction of sp³-hybridized carbons (Fsp3) is 1.00. The van der Waals surface area contributed by atoms with E-state index in [-0.39, 0.29) is 5.54 Å². The number of hydrogen-bond donors (Lipinski definition) is 1. The van der Waals surface area contributed by atoms with E-state index >= 15 is 0 Å². The van der Waals surface area contributed by atoms with Crippen molar-refractivity contribution in [3.63, 3.8) is 0 Å². The average molecular weight is 269 g/mol. The van der Waals surface area contributed by atoms with Crippen LogP contribution >= 0.6 is 0 Å². The van der Waals surface area contributed by atoms with E-state index in [1.165, 1.54) is 32.5 Å². The van der Waals surface area contributed by atoms with E-state index in [4.69, 9.17) is 10.5 Å². The normalized spacial score (nSPS) is 25.7. The van der Waals surface area contributed by atoms with Crippen LogP contribution < -0.4 is 5.73 Å². The van der Waals surface area contributed by atoms with Crippen LogP contribution in [0.15, 0.2) is 0 Å². The van der Waals surface area contributed by atoms with Crippen molar-refractivity contribution in [1.82, 2.24) is 9.80 Å². The fourth-order valence-corrected chi connectivity index (χ4v) is 3.58. The van der Waals surface area contributed by atoms with Gasteiger partial charge in [0, 0.05) is 46.4 Å². The summed E-state index contributed by atoms with van der Waals surface area (Å²) in [4.78, 5) is 5.20. The molecule has 19 heavy (non-hydrogen) atoms. The molecule has 2 N–H and O–H groups in total. The molecule has 0 aromatic heterocycles. The Morgan fingerprint density at radius 1 is 1.21 bits per heavy atom. The van der Waals surface area contributed by atoms with Crippen molar-refractivity contribution < 1.29 is 4.74 Å². The molecular weight excluding hydrogens is 238 g/mol. The molecule has 2 rings (SSSR count). The third-order valence-corrected chi connectivity index (χ3v) is 4.71. The van der Waals surface area contributed by atoms with Gasteiger partial charge in [-0.25, -0.2) is 0 Å². The lowest BCUT2D eigenvalue weighted by atomic mass is 9.91. The summed E-state index contributed by atoms with van der Waals surface area (Å²) < 4.78 is 5.51. The quantitative estimate of drug-likeness (QED) is 0.749. The van der Waals surface area contributed by atoms with Crippen LogP contribution in [0.1, 0.15) is 26.7 Å². The van der Waals surface area contributed by atoms with Gasteiger partial charge in [0.05, 0.1) is 12.1 Å². The van der Waals surface area contributed by atoms with E-state index in [9.17, 15) is 0 Å². The van der Waals surface area contributed by atoms with Crippen LogP contribution in [-0.2, 0) is 4.74 Å². The third-order valence-electron chi connectivity index (χ3n) is 4.71. The Morgan fingerprint density at radius 2 is 1.84 bits per heavy atom. The molecule has 1 saturated carbocycles. The smallest absolute Gasteiger partial charge is 0.0661 e. The van der Waals surface area contributed by atoms with E-state index in [0.29, 0.717) is 0 Å². The molecule has 2 fully saturated rings. The van der Waals surface area contributed by atoms with Gasteiger partial charge in [0.2, 0.25) is 0 Å². The Labute approximate surface area is 118 Å². The van der Waals surface area contributed by atoms with Crippen LogP contribution in [0.5, 0.6) is 0 Å². The third kappa shape index (κ3) is 3.48. The van der Waals surface area contributed by atoms with Gasteiger partial charge in [0.1, 0.15) is 0 Å². The topological polar surface area (TPSA) is 41.7 Å². The molecule has 0 aromatic rings. The Hall–Kier alpha value is -0.160. The summed E-state index contributed by atoms with van der Waals surface area (Å²) in [6.45, 7) is 12.0. The molecule has 1 saturated heterocycles. The Kier molecular flexibility index (Phi) is 5.23. The van der Waals surface area contributed by atoms with Gasteiger partial charge in [-0.3, -0.25) is 4.90 Å². The van der Waals surface area contributed by atoms with Gasteiger partial charge in [0.25, 0.3) is 0 Å². The fourth-order valence-electron chi connectivity index (χ4n) is 3.58. The number of methoxy groups -OCH3 is 1. The Morgan fingerprint density at radius 3 is 2.26 bits per heavy atom. The van der Waals surface area contributed by atoms with E-state index in [1.54, 1.807) is 0 Å². The van der Waals surface area contributed by atoms with Gasteiger partial charge in [-0.15, -0.1) is 0 Å². The number of hydrogen-bond acceptors (Lipinski definition) is 4. The minimum absolute atomic E-state index is 0.110. The largest absolute Gasteiger partial charge is 0.383 e. The summed E-state index contributed by atoms with van der Waals surface area (Å²) in [6.07, 6.45) is 2.65. The molecule has 1 aliphatic heterocycles. The van der Waals surface area contributed by atoms with Crippen LogP contribution in [0.25, 0.3) is 0 Å². The molecule has 4 nitrogen and oxygen atoms in total. The molecule has 112 valence electrons. The SMILES string of the molecule is COCC(CN)(C1CC1)N1CCN(CC(C)C)CC1. The minimum Gasteiger partial charge on any atom is -0.383 e. The molecule has 1 heterocycles. The van der Waals surface area contributed by atoms with E-state index in [2.05, 4.69) is 23.6 Å². The van der Waals surface area contributed by atoms with E-state index in [1.807, 2.05) is 7.11 Å². The van der Waals surface area contributed by atoms with Gasteiger partial charge in [-0.05, 0) is 24.7 Å². The zero-order chi connectivity index (χ0) is 13.9. The first-order chi connectivity index (χ1) is 9.12. The van der Waals surface area contributed by atoms with E-state index in [0.717, 1.165) is 38.1 Å². The predicted octanol–water partition coefficient (Wildman–Crippen LogP) is 1.01. The first kappa shape index (κ1) is 15.2. The van der Waals surface area contributed by atoms with Gasteiger partial charge < -0.3 is 15.4 Å². The first-order valence-corrected chi connectivity index (χ1v) is 7.79. The predicted molar refractivity (Wildman–Crippen MR) is 79.2 cm³/mol. The molecule has 0 aromatic carbocycles. The second-order valence-corrected chi connectivity index (χ2v) is 6.70. The van der Waals surface area contributed by atoms with Gasteiger partial charge >= 0.3 is 0 Å². The average Bonchev–Trinajstić information content (AvgIpc) is 3.21. The molecule has 0 spiro atoms.